The lowest BCUT2D eigenvalue weighted by atomic mass is 10.3. The third-order valence-corrected chi connectivity index (χ3v) is 2.33. The average molecular weight is 194 g/mol. The number of hydrogen-bond acceptors (Lipinski definition) is 5. The number of ether oxygens (including phenoxy) is 1. The van der Waals surface area contributed by atoms with Gasteiger partial charge in [0.1, 0.15) is 18.1 Å². The second-order valence-electron chi connectivity index (χ2n) is 3.57. The summed E-state index contributed by atoms with van der Waals surface area (Å²) >= 11 is 0. The van der Waals surface area contributed by atoms with Gasteiger partial charge in [-0.2, -0.15) is 4.98 Å². The maximum atomic E-state index is 5.67. The minimum Gasteiger partial charge on any atom is -0.471 e. The summed E-state index contributed by atoms with van der Waals surface area (Å²) in [6, 6.07) is 0. The van der Waals surface area contributed by atoms with Crippen LogP contribution in [0.3, 0.4) is 0 Å². The molecular weight excluding hydrogens is 180 g/mol. The molecule has 1 saturated heterocycles. The van der Waals surface area contributed by atoms with E-state index in [1.165, 1.54) is 6.33 Å². The van der Waals surface area contributed by atoms with Crippen molar-refractivity contribution in [2.45, 2.75) is 12.5 Å². The van der Waals surface area contributed by atoms with Gasteiger partial charge in [0.25, 0.3) is 0 Å². The normalized spacial score (nSPS) is 22.5. The summed E-state index contributed by atoms with van der Waals surface area (Å²) in [5.41, 5.74) is 6.17. The molecule has 0 unspecified atom stereocenters. The Balaban J connectivity index is 2.01. The summed E-state index contributed by atoms with van der Waals surface area (Å²) in [5, 5.41) is 0. The van der Waals surface area contributed by atoms with E-state index in [1.54, 1.807) is 6.20 Å². The molecule has 0 amide bonds. The minimum atomic E-state index is 0.206. The molecular formula is C9H14N4O. The summed E-state index contributed by atoms with van der Waals surface area (Å²) in [5.74, 6) is 0.500. The van der Waals surface area contributed by atoms with Gasteiger partial charge in [0, 0.05) is 13.1 Å². The van der Waals surface area contributed by atoms with Gasteiger partial charge in [0.2, 0.25) is 5.88 Å². The van der Waals surface area contributed by atoms with E-state index in [1.807, 2.05) is 0 Å². The summed E-state index contributed by atoms with van der Waals surface area (Å²) in [7, 11) is 2.08. The minimum absolute atomic E-state index is 0.206. The van der Waals surface area contributed by atoms with Crippen LogP contribution in [-0.4, -0.2) is 41.1 Å². The quantitative estimate of drug-likeness (QED) is 0.725. The molecule has 2 rings (SSSR count). The van der Waals surface area contributed by atoms with Crippen LogP contribution in [0.2, 0.25) is 0 Å². The third kappa shape index (κ3) is 1.93. The van der Waals surface area contributed by atoms with Gasteiger partial charge in [-0.1, -0.05) is 0 Å². The van der Waals surface area contributed by atoms with E-state index in [4.69, 9.17) is 10.5 Å². The number of aromatic nitrogens is 2. The zero-order valence-electron chi connectivity index (χ0n) is 8.18. The molecule has 0 bridgehead atoms. The van der Waals surface area contributed by atoms with E-state index in [2.05, 4.69) is 21.9 Å². The highest BCUT2D eigenvalue weighted by Gasteiger charge is 2.21. The molecule has 1 atom stereocenters. The molecule has 0 aromatic carbocycles. The predicted molar refractivity (Wildman–Crippen MR) is 53.0 cm³/mol. The van der Waals surface area contributed by atoms with E-state index in [0.29, 0.717) is 11.6 Å². The molecule has 5 heteroatoms. The molecule has 14 heavy (non-hydrogen) atoms. The standard InChI is InChI=1S/C9H14N4O/c1-13-3-2-7(5-13)14-9-8(10)4-11-6-12-9/h4,6-7H,2-3,5,10H2,1H3/t7-/m1/s1. The van der Waals surface area contributed by atoms with Crippen LogP contribution in [0.1, 0.15) is 6.42 Å². The molecule has 76 valence electrons. The number of nitrogens with zero attached hydrogens (tertiary/aromatic N) is 3. The van der Waals surface area contributed by atoms with Crippen LogP contribution in [0, 0.1) is 0 Å². The summed E-state index contributed by atoms with van der Waals surface area (Å²) in [6.45, 7) is 2.00. The molecule has 0 saturated carbocycles. The summed E-state index contributed by atoms with van der Waals surface area (Å²) in [4.78, 5) is 10.0. The molecule has 0 spiro atoms. The molecule has 1 aliphatic rings. The topological polar surface area (TPSA) is 64.3 Å². The highest BCUT2D eigenvalue weighted by molar-refractivity contribution is 5.44. The molecule has 2 N–H and O–H groups in total. The lowest BCUT2D eigenvalue weighted by Gasteiger charge is -2.13. The maximum absolute atomic E-state index is 5.67. The Morgan fingerprint density at radius 3 is 3.14 bits per heavy atom. The Hall–Kier alpha value is -1.36. The van der Waals surface area contributed by atoms with Crippen molar-refractivity contribution < 1.29 is 4.74 Å². The Morgan fingerprint density at radius 1 is 1.64 bits per heavy atom. The van der Waals surface area contributed by atoms with Gasteiger partial charge in [-0.05, 0) is 13.5 Å². The largest absolute Gasteiger partial charge is 0.471 e. The van der Waals surface area contributed by atoms with E-state index in [-0.39, 0.29) is 6.10 Å². The predicted octanol–water partition coefficient (Wildman–Crippen LogP) is 0.142. The zero-order valence-corrected chi connectivity index (χ0v) is 8.18. The van der Waals surface area contributed by atoms with Gasteiger partial charge in [-0.15, -0.1) is 0 Å². The van der Waals surface area contributed by atoms with Crippen molar-refractivity contribution in [2.24, 2.45) is 0 Å². The van der Waals surface area contributed by atoms with Crippen LogP contribution in [0.5, 0.6) is 5.88 Å². The first-order valence-electron chi connectivity index (χ1n) is 4.66. The zero-order chi connectivity index (χ0) is 9.97. The SMILES string of the molecule is CN1CC[C@@H](Oc2ncncc2N)C1. The summed E-state index contributed by atoms with van der Waals surface area (Å²) in [6.07, 6.45) is 4.24. The number of rotatable bonds is 2. The van der Waals surface area contributed by atoms with Gasteiger partial charge in [-0.3, -0.25) is 0 Å². The van der Waals surface area contributed by atoms with E-state index >= 15 is 0 Å². The molecule has 1 fully saturated rings. The van der Waals surface area contributed by atoms with Crippen molar-refractivity contribution >= 4 is 5.69 Å². The highest BCUT2D eigenvalue weighted by Crippen LogP contribution is 2.19. The Kier molecular flexibility index (Phi) is 2.49. The number of nitrogen functional groups attached to an aromatic ring is 1. The number of hydrogen-bond donors (Lipinski definition) is 1. The highest BCUT2D eigenvalue weighted by atomic mass is 16.5. The Bertz CT molecular complexity index is 317. The molecule has 5 nitrogen and oxygen atoms in total. The smallest absolute Gasteiger partial charge is 0.240 e. The molecule has 2 heterocycles. The first-order chi connectivity index (χ1) is 6.75. The van der Waals surface area contributed by atoms with E-state index in [0.717, 1.165) is 19.5 Å². The lowest BCUT2D eigenvalue weighted by Crippen LogP contribution is -2.22. The van der Waals surface area contributed by atoms with Crippen LogP contribution in [0.25, 0.3) is 0 Å². The fraction of sp³-hybridized carbons (Fsp3) is 0.556. The van der Waals surface area contributed by atoms with Crippen molar-refractivity contribution in [3.63, 3.8) is 0 Å². The first-order valence-corrected chi connectivity index (χ1v) is 4.66. The monoisotopic (exact) mass is 194 g/mol. The number of likely N-dealkylation sites (N-methyl/N-ethyl adjacent to an activating group) is 1. The van der Waals surface area contributed by atoms with Crippen LogP contribution < -0.4 is 10.5 Å². The average Bonchev–Trinajstić information content (AvgIpc) is 2.56. The maximum Gasteiger partial charge on any atom is 0.240 e. The second-order valence-corrected chi connectivity index (χ2v) is 3.57. The third-order valence-electron chi connectivity index (χ3n) is 2.33. The van der Waals surface area contributed by atoms with E-state index < -0.39 is 0 Å². The number of nitrogens with two attached hydrogens (primary N) is 1. The van der Waals surface area contributed by atoms with Crippen molar-refractivity contribution in [3.8, 4) is 5.88 Å². The number of likely N-dealkylation sites (tertiary alicyclic amines) is 1. The van der Waals surface area contributed by atoms with Crippen LogP contribution in [-0.2, 0) is 0 Å². The fourth-order valence-corrected chi connectivity index (χ4v) is 1.58. The molecule has 1 aliphatic heterocycles. The molecule has 1 aromatic heterocycles. The van der Waals surface area contributed by atoms with Crippen molar-refractivity contribution in [1.29, 1.82) is 0 Å². The van der Waals surface area contributed by atoms with Gasteiger partial charge < -0.3 is 15.4 Å². The van der Waals surface area contributed by atoms with E-state index in [9.17, 15) is 0 Å². The van der Waals surface area contributed by atoms with Gasteiger partial charge in [-0.25, -0.2) is 4.98 Å². The molecule has 1 aromatic rings. The van der Waals surface area contributed by atoms with Crippen LogP contribution >= 0.6 is 0 Å². The molecule has 0 radical (unpaired) electrons. The van der Waals surface area contributed by atoms with Crippen LogP contribution in [0.15, 0.2) is 12.5 Å². The van der Waals surface area contributed by atoms with Crippen molar-refractivity contribution in [2.75, 3.05) is 25.9 Å². The van der Waals surface area contributed by atoms with Crippen LogP contribution in [0.4, 0.5) is 5.69 Å². The van der Waals surface area contributed by atoms with Gasteiger partial charge in [0.15, 0.2) is 0 Å². The van der Waals surface area contributed by atoms with Gasteiger partial charge >= 0.3 is 0 Å². The number of anilines is 1. The molecule has 0 aliphatic carbocycles. The Morgan fingerprint density at radius 2 is 2.50 bits per heavy atom. The summed E-state index contributed by atoms with van der Waals surface area (Å²) < 4.78 is 5.66. The first kappa shape index (κ1) is 9.21. The Labute approximate surface area is 82.9 Å². The van der Waals surface area contributed by atoms with Crippen molar-refractivity contribution in [3.05, 3.63) is 12.5 Å². The van der Waals surface area contributed by atoms with Crippen molar-refractivity contribution in [1.82, 2.24) is 14.9 Å². The lowest BCUT2D eigenvalue weighted by molar-refractivity contribution is 0.201. The van der Waals surface area contributed by atoms with Gasteiger partial charge in [0.05, 0.1) is 6.20 Å². The second kappa shape index (κ2) is 3.79. The fourth-order valence-electron chi connectivity index (χ4n) is 1.58.